The van der Waals surface area contributed by atoms with Crippen LogP contribution in [-0.4, -0.2) is 10.9 Å². The Morgan fingerprint density at radius 3 is 2.60 bits per heavy atom. The topological polar surface area (TPSA) is 12.9 Å². The number of halogens is 2. The average Bonchev–Trinajstić information content (AvgIpc) is 2.88. The summed E-state index contributed by atoms with van der Waals surface area (Å²) in [6.07, 6.45) is 0.670. The number of rotatable bonds is 4. The molecule has 0 radical (unpaired) electrons. The van der Waals surface area contributed by atoms with Gasteiger partial charge in [-0.1, -0.05) is 30.3 Å². The first-order chi connectivity index (χ1) is 9.78. The Labute approximate surface area is 126 Å². The number of aromatic nitrogens is 1. The molecule has 0 aliphatic rings. The Balaban J connectivity index is 1.90. The number of benzene rings is 2. The van der Waals surface area contributed by atoms with Gasteiger partial charge in [0.1, 0.15) is 5.82 Å². The van der Waals surface area contributed by atoms with E-state index in [0.717, 1.165) is 15.2 Å². The number of alkyl halides is 1. The fraction of sp³-hybridized carbons (Fsp3) is 0.188. The first kappa shape index (κ1) is 13.5. The van der Waals surface area contributed by atoms with Crippen LogP contribution in [0.3, 0.4) is 0 Å². The Bertz CT molecular complexity index is 692. The van der Waals surface area contributed by atoms with E-state index in [4.69, 9.17) is 11.6 Å². The largest absolute Gasteiger partial charge is 0.241 e. The van der Waals surface area contributed by atoms with Gasteiger partial charge in [0, 0.05) is 18.2 Å². The molecular formula is C16H13ClFNS. The van der Waals surface area contributed by atoms with Crippen molar-refractivity contribution in [1.29, 1.82) is 0 Å². The molecule has 2 aromatic carbocycles. The van der Waals surface area contributed by atoms with E-state index in [-0.39, 0.29) is 11.7 Å². The molecule has 1 unspecified atom stereocenters. The van der Waals surface area contributed by atoms with Crippen LogP contribution in [0.2, 0.25) is 0 Å². The zero-order chi connectivity index (χ0) is 13.9. The second-order valence-corrected chi connectivity index (χ2v) is 6.08. The molecular weight excluding hydrogens is 293 g/mol. The van der Waals surface area contributed by atoms with E-state index in [9.17, 15) is 4.39 Å². The lowest BCUT2D eigenvalue weighted by atomic mass is 9.97. The van der Waals surface area contributed by atoms with Gasteiger partial charge in [0.25, 0.3) is 0 Å². The summed E-state index contributed by atoms with van der Waals surface area (Å²) in [4.78, 5) is 4.59. The number of nitrogens with zero attached hydrogens (tertiary/aromatic N) is 1. The van der Waals surface area contributed by atoms with Gasteiger partial charge < -0.3 is 0 Å². The summed E-state index contributed by atoms with van der Waals surface area (Å²) in [5.74, 6) is 0.148. The summed E-state index contributed by atoms with van der Waals surface area (Å²) in [5, 5.41) is 1.00. The molecule has 3 rings (SSSR count). The van der Waals surface area contributed by atoms with Crippen LogP contribution >= 0.6 is 22.9 Å². The maximum atomic E-state index is 13.9. The number of fused-ring (bicyclic) bond motifs is 1. The lowest BCUT2D eigenvalue weighted by Crippen LogP contribution is -2.06. The summed E-state index contributed by atoms with van der Waals surface area (Å²) in [6, 6.07) is 14.8. The van der Waals surface area contributed by atoms with Crippen LogP contribution in [0.1, 0.15) is 16.5 Å². The van der Waals surface area contributed by atoms with Crippen molar-refractivity contribution in [3.8, 4) is 0 Å². The maximum absolute atomic E-state index is 13.9. The molecule has 0 aliphatic heterocycles. The van der Waals surface area contributed by atoms with Gasteiger partial charge in [-0.05, 0) is 23.8 Å². The molecule has 0 bridgehead atoms. The summed E-state index contributed by atoms with van der Waals surface area (Å²) in [5.41, 5.74) is 1.66. The maximum Gasteiger partial charge on any atom is 0.126 e. The number of hydrogen-bond acceptors (Lipinski definition) is 2. The van der Waals surface area contributed by atoms with Crippen molar-refractivity contribution in [2.75, 3.05) is 5.88 Å². The van der Waals surface area contributed by atoms with Gasteiger partial charge >= 0.3 is 0 Å². The highest BCUT2D eigenvalue weighted by atomic mass is 35.5. The second kappa shape index (κ2) is 5.90. The fourth-order valence-electron chi connectivity index (χ4n) is 2.27. The zero-order valence-corrected chi connectivity index (χ0v) is 12.3. The van der Waals surface area contributed by atoms with E-state index in [0.29, 0.717) is 17.9 Å². The predicted octanol–water partition coefficient (Wildman–Crippen LogP) is 5.00. The first-order valence-corrected chi connectivity index (χ1v) is 7.78. The van der Waals surface area contributed by atoms with E-state index in [1.165, 1.54) is 6.07 Å². The van der Waals surface area contributed by atoms with E-state index < -0.39 is 0 Å². The van der Waals surface area contributed by atoms with Gasteiger partial charge in [-0.25, -0.2) is 9.37 Å². The van der Waals surface area contributed by atoms with Crippen LogP contribution < -0.4 is 0 Å². The third-order valence-corrected chi connectivity index (χ3v) is 4.72. The molecule has 0 saturated heterocycles. The van der Waals surface area contributed by atoms with Crippen LogP contribution in [0.5, 0.6) is 0 Å². The van der Waals surface area contributed by atoms with Crippen molar-refractivity contribution in [3.63, 3.8) is 0 Å². The smallest absolute Gasteiger partial charge is 0.126 e. The van der Waals surface area contributed by atoms with E-state index in [1.807, 2.05) is 24.3 Å². The molecule has 1 aromatic heterocycles. The Kier molecular flexibility index (Phi) is 3.99. The lowest BCUT2D eigenvalue weighted by molar-refractivity contribution is 0.589. The Morgan fingerprint density at radius 2 is 1.85 bits per heavy atom. The number of para-hydroxylation sites is 1. The van der Waals surface area contributed by atoms with Crippen LogP contribution in [0, 0.1) is 5.82 Å². The molecule has 0 N–H and O–H groups in total. The third kappa shape index (κ3) is 2.69. The standard InChI is InChI=1S/C16H13ClFNS/c17-10-11(12-5-1-2-6-13(12)18)9-16-19-14-7-3-4-8-15(14)20-16/h1-8,11H,9-10H2. The minimum atomic E-state index is -0.195. The van der Waals surface area contributed by atoms with Gasteiger partial charge in [0.2, 0.25) is 0 Å². The van der Waals surface area contributed by atoms with Crippen LogP contribution in [-0.2, 0) is 6.42 Å². The summed E-state index contributed by atoms with van der Waals surface area (Å²) in [6.45, 7) is 0. The third-order valence-electron chi connectivity index (χ3n) is 3.29. The van der Waals surface area contributed by atoms with Gasteiger partial charge in [0.15, 0.2) is 0 Å². The molecule has 1 atom stereocenters. The molecule has 1 nitrogen and oxygen atoms in total. The van der Waals surface area contributed by atoms with E-state index in [2.05, 4.69) is 11.1 Å². The highest BCUT2D eigenvalue weighted by Gasteiger charge is 2.17. The minimum absolute atomic E-state index is 0.0431. The molecule has 3 aromatic rings. The van der Waals surface area contributed by atoms with Gasteiger partial charge in [0.05, 0.1) is 15.2 Å². The minimum Gasteiger partial charge on any atom is -0.241 e. The summed E-state index contributed by atoms with van der Waals surface area (Å²) >= 11 is 7.68. The molecule has 0 aliphatic carbocycles. The molecule has 0 spiro atoms. The molecule has 0 fully saturated rings. The fourth-order valence-corrected chi connectivity index (χ4v) is 3.59. The van der Waals surface area contributed by atoms with Crippen molar-refractivity contribution in [2.45, 2.75) is 12.3 Å². The van der Waals surface area contributed by atoms with Crippen LogP contribution in [0.15, 0.2) is 48.5 Å². The Morgan fingerprint density at radius 1 is 1.10 bits per heavy atom. The zero-order valence-electron chi connectivity index (χ0n) is 10.7. The van der Waals surface area contributed by atoms with Crippen molar-refractivity contribution >= 4 is 33.2 Å². The predicted molar refractivity (Wildman–Crippen MR) is 83.2 cm³/mol. The number of thiazole rings is 1. The Hall–Kier alpha value is -1.45. The molecule has 0 saturated carbocycles. The molecule has 1 heterocycles. The van der Waals surface area contributed by atoms with Crippen LogP contribution in [0.25, 0.3) is 10.2 Å². The van der Waals surface area contributed by atoms with Crippen LogP contribution in [0.4, 0.5) is 4.39 Å². The van der Waals surface area contributed by atoms with E-state index >= 15 is 0 Å². The second-order valence-electron chi connectivity index (χ2n) is 4.65. The van der Waals surface area contributed by atoms with Crippen molar-refractivity contribution in [3.05, 3.63) is 64.9 Å². The first-order valence-electron chi connectivity index (χ1n) is 6.43. The molecule has 102 valence electrons. The van der Waals surface area contributed by atoms with Crippen molar-refractivity contribution < 1.29 is 4.39 Å². The average molecular weight is 306 g/mol. The summed E-state index contributed by atoms with van der Waals surface area (Å²) < 4.78 is 15.0. The van der Waals surface area contributed by atoms with Gasteiger partial charge in [-0.2, -0.15) is 0 Å². The normalized spacial score (nSPS) is 12.7. The van der Waals surface area contributed by atoms with Crippen molar-refractivity contribution in [2.24, 2.45) is 0 Å². The molecule has 0 amide bonds. The van der Waals surface area contributed by atoms with E-state index in [1.54, 1.807) is 23.5 Å². The van der Waals surface area contributed by atoms with Crippen molar-refractivity contribution in [1.82, 2.24) is 4.98 Å². The highest BCUT2D eigenvalue weighted by molar-refractivity contribution is 7.18. The number of hydrogen-bond donors (Lipinski definition) is 0. The SMILES string of the molecule is Fc1ccccc1C(CCl)Cc1nc2ccccc2s1. The van der Waals surface area contributed by atoms with Gasteiger partial charge in [-0.3, -0.25) is 0 Å². The highest BCUT2D eigenvalue weighted by Crippen LogP contribution is 2.29. The molecule has 4 heteroatoms. The van der Waals surface area contributed by atoms with Gasteiger partial charge in [-0.15, -0.1) is 22.9 Å². The summed E-state index contributed by atoms with van der Waals surface area (Å²) in [7, 11) is 0. The molecule has 20 heavy (non-hydrogen) atoms. The monoisotopic (exact) mass is 305 g/mol. The lowest BCUT2D eigenvalue weighted by Gasteiger charge is -2.13. The quantitative estimate of drug-likeness (QED) is 0.618.